The molecule has 0 aliphatic carbocycles. The predicted molar refractivity (Wildman–Crippen MR) is 77.1 cm³/mol. The average molecular weight is 269 g/mol. The number of nitrogen functional groups attached to an aromatic ring is 1. The molecule has 0 bridgehead atoms. The fraction of sp³-hybridized carbons (Fsp3) is 0.267. The molecule has 5 nitrogen and oxygen atoms in total. The van der Waals surface area contributed by atoms with E-state index < -0.39 is 0 Å². The summed E-state index contributed by atoms with van der Waals surface area (Å²) in [5.41, 5.74) is 7.65. The van der Waals surface area contributed by atoms with Crippen LogP contribution < -0.4 is 10.6 Å². The number of carbonyl (C=O) groups excluding carboxylic acids is 2. The Hall–Kier alpha value is -2.43. The molecule has 5 heteroatoms. The summed E-state index contributed by atoms with van der Waals surface area (Å²) < 4.78 is 0. The van der Waals surface area contributed by atoms with E-state index in [9.17, 15) is 9.59 Å². The van der Waals surface area contributed by atoms with Crippen LogP contribution >= 0.6 is 0 Å². The van der Waals surface area contributed by atoms with Crippen molar-refractivity contribution in [1.82, 2.24) is 4.98 Å². The number of nitrogens with zero attached hydrogens (tertiary/aromatic N) is 2. The molecule has 1 aromatic heterocycles. The van der Waals surface area contributed by atoms with Crippen molar-refractivity contribution >= 4 is 34.1 Å². The maximum Gasteiger partial charge on any atom is 0.233 e. The van der Waals surface area contributed by atoms with E-state index in [1.165, 1.54) is 4.90 Å². The molecule has 20 heavy (non-hydrogen) atoms. The molecule has 0 atom stereocenters. The third kappa shape index (κ3) is 2.01. The molecular formula is C15H15N3O2. The number of rotatable bonds is 1. The van der Waals surface area contributed by atoms with E-state index in [1.807, 2.05) is 6.07 Å². The lowest BCUT2D eigenvalue weighted by atomic mass is 10.1. The number of amides is 2. The predicted octanol–water partition coefficient (Wildman–Crippen LogP) is 2.25. The summed E-state index contributed by atoms with van der Waals surface area (Å²) in [5, 5.41) is 0.733. The van der Waals surface area contributed by atoms with Gasteiger partial charge in [0, 0.05) is 24.4 Å². The molecule has 102 valence electrons. The van der Waals surface area contributed by atoms with Gasteiger partial charge in [0.2, 0.25) is 11.8 Å². The molecule has 3 rings (SSSR count). The Morgan fingerprint density at radius 2 is 1.75 bits per heavy atom. The van der Waals surface area contributed by atoms with Gasteiger partial charge in [-0.15, -0.1) is 0 Å². The Balaban J connectivity index is 2.20. The van der Waals surface area contributed by atoms with Crippen LogP contribution in [0.1, 0.15) is 25.7 Å². The first-order valence-corrected chi connectivity index (χ1v) is 6.67. The van der Waals surface area contributed by atoms with Crippen LogP contribution in [0.5, 0.6) is 0 Å². The van der Waals surface area contributed by atoms with Gasteiger partial charge in [-0.2, -0.15) is 0 Å². The highest BCUT2D eigenvalue weighted by Crippen LogP contribution is 2.31. The maximum absolute atomic E-state index is 12.2. The van der Waals surface area contributed by atoms with Crippen molar-refractivity contribution in [1.29, 1.82) is 0 Å². The lowest BCUT2D eigenvalue weighted by molar-refractivity contribution is -0.125. The SMILES string of the molecule is Nc1ccc(N2C(=O)CCCCC2=O)c2cccnc12. The first kappa shape index (κ1) is 12.6. The number of fused-ring (bicyclic) bond motifs is 1. The van der Waals surface area contributed by atoms with Crippen molar-refractivity contribution in [2.24, 2.45) is 0 Å². The van der Waals surface area contributed by atoms with Crippen molar-refractivity contribution in [3.05, 3.63) is 30.5 Å². The van der Waals surface area contributed by atoms with Crippen LogP contribution in [0.3, 0.4) is 0 Å². The maximum atomic E-state index is 12.2. The highest BCUT2D eigenvalue weighted by Gasteiger charge is 2.27. The molecule has 0 unspecified atom stereocenters. The van der Waals surface area contributed by atoms with E-state index in [0.29, 0.717) is 29.7 Å². The summed E-state index contributed by atoms with van der Waals surface area (Å²) in [7, 11) is 0. The highest BCUT2D eigenvalue weighted by molar-refractivity contribution is 6.19. The van der Waals surface area contributed by atoms with Gasteiger partial charge >= 0.3 is 0 Å². The summed E-state index contributed by atoms with van der Waals surface area (Å²) in [6.45, 7) is 0. The van der Waals surface area contributed by atoms with Gasteiger partial charge in [0.05, 0.1) is 16.9 Å². The summed E-state index contributed by atoms with van der Waals surface area (Å²) in [6, 6.07) is 7.02. The average Bonchev–Trinajstić information content (AvgIpc) is 2.62. The van der Waals surface area contributed by atoms with Crippen LogP contribution in [0.25, 0.3) is 10.9 Å². The Morgan fingerprint density at radius 3 is 2.45 bits per heavy atom. The van der Waals surface area contributed by atoms with E-state index >= 15 is 0 Å². The minimum Gasteiger partial charge on any atom is -0.397 e. The molecule has 1 fully saturated rings. The molecule has 0 saturated carbocycles. The van der Waals surface area contributed by atoms with E-state index in [-0.39, 0.29) is 11.8 Å². The highest BCUT2D eigenvalue weighted by atomic mass is 16.2. The molecule has 1 aliphatic rings. The van der Waals surface area contributed by atoms with Crippen molar-refractivity contribution in [2.75, 3.05) is 10.6 Å². The molecule has 1 saturated heterocycles. The van der Waals surface area contributed by atoms with Crippen LogP contribution in [-0.2, 0) is 9.59 Å². The topological polar surface area (TPSA) is 76.3 Å². The number of carbonyl (C=O) groups is 2. The Labute approximate surface area is 116 Å². The van der Waals surface area contributed by atoms with E-state index in [4.69, 9.17) is 5.73 Å². The summed E-state index contributed by atoms with van der Waals surface area (Å²) in [6.07, 6.45) is 3.96. The summed E-state index contributed by atoms with van der Waals surface area (Å²) >= 11 is 0. The number of nitrogens with two attached hydrogens (primary N) is 1. The quantitative estimate of drug-likeness (QED) is 0.636. The summed E-state index contributed by atoms with van der Waals surface area (Å²) in [5.74, 6) is -0.301. The molecule has 0 radical (unpaired) electrons. The van der Waals surface area contributed by atoms with Crippen LogP contribution in [0.2, 0.25) is 0 Å². The third-order valence-electron chi connectivity index (χ3n) is 3.55. The van der Waals surface area contributed by atoms with Crippen molar-refractivity contribution in [3.8, 4) is 0 Å². The molecular weight excluding hydrogens is 254 g/mol. The number of hydrogen-bond donors (Lipinski definition) is 1. The van der Waals surface area contributed by atoms with Gasteiger partial charge in [-0.3, -0.25) is 14.6 Å². The minimum atomic E-state index is -0.151. The van der Waals surface area contributed by atoms with Gasteiger partial charge in [0.1, 0.15) is 0 Å². The van der Waals surface area contributed by atoms with Gasteiger partial charge in [-0.25, -0.2) is 4.90 Å². The molecule has 2 aromatic rings. The van der Waals surface area contributed by atoms with E-state index in [1.54, 1.807) is 24.4 Å². The van der Waals surface area contributed by atoms with Gasteiger partial charge in [-0.05, 0) is 37.1 Å². The minimum absolute atomic E-state index is 0.151. The second-order valence-electron chi connectivity index (χ2n) is 4.90. The molecule has 1 aliphatic heterocycles. The third-order valence-corrected chi connectivity index (χ3v) is 3.55. The van der Waals surface area contributed by atoms with Crippen LogP contribution in [0.15, 0.2) is 30.5 Å². The van der Waals surface area contributed by atoms with Crippen LogP contribution in [0, 0.1) is 0 Å². The Bertz CT molecular complexity index is 679. The number of hydrogen-bond acceptors (Lipinski definition) is 4. The van der Waals surface area contributed by atoms with Crippen LogP contribution in [-0.4, -0.2) is 16.8 Å². The first-order chi connectivity index (χ1) is 9.68. The van der Waals surface area contributed by atoms with Gasteiger partial charge in [0.15, 0.2) is 0 Å². The summed E-state index contributed by atoms with van der Waals surface area (Å²) in [4.78, 5) is 29.9. The largest absolute Gasteiger partial charge is 0.397 e. The normalized spacial score (nSPS) is 16.5. The zero-order valence-corrected chi connectivity index (χ0v) is 11.0. The van der Waals surface area contributed by atoms with Crippen LogP contribution in [0.4, 0.5) is 11.4 Å². The molecule has 0 spiro atoms. The molecule has 1 aromatic carbocycles. The number of anilines is 2. The van der Waals surface area contributed by atoms with Gasteiger partial charge < -0.3 is 5.73 Å². The van der Waals surface area contributed by atoms with E-state index in [0.717, 1.165) is 18.2 Å². The second-order valence-corrected chi connectivity index (χ2v) is 4.90. The van der Waals surface area contributed by atoms with Gasteiger partial charge in [-0.1, -0.05) is 0 Å². The second kappa shape index (κ2) is 4.92. The number of benzene rings is 1. The van der Waals surface area contributed by atoms with E-state index in [2.05, 4.69) is 4.98 Å². The van der Waals surface area contributed by atoms with Crippen molar-refractivity contribution < 1.29 is 9.59 Å². The fourth-order valence-corrected chi connectivity index (χ4v) is 2.56. The molecule has 2 heterocycles. The molecule has 2 N–H and O–H groups in total. The Kier molecular flexibility index (Phi) is 3.10. The van der Waals surface area contributed by atoms with Crippen molar-refractivity contribution in [3.63, 3.8) is 0 Å². The monoisotopic (exact) mass is 269 g/mol. The van der Waals surface area contributed by atoms with Gasteiger partial charge in [0.25, 0.3) is 0 Å². The lowest BCUT2D eigenvalue weighted by Crippen LogP contribution is -2.35. The van der Waals surface area contributed by atoms with Crippen molar-refractivity contribution in [2.45, 2.75) is 25.7 Å². The number of imide groups is 1. The zero-order chi connectivity index (χ0) is 14.1. The first-order valence-electron chi connectivity index (χ1n) is 6.67. The number of aromatic nitrogens is 1. The smallest absolute Gasteiger partial charge is 0.233 e. The Morgan fingerprint density at radius 1 is 1.05 bits per heavy atom. The fourth-order valence-electron chi connectivity index (χ4n) is 2.56. The molecule has 2 amide bonds. The lowest BCUT2D eigenvalue weighted by Gasteiger charge is -2.20. The standard InChI is InChI=1S/C15H15N3O2/c16-11-7-8-12(10-4-3-9-17-15(10)11)18-13(19)5-1-2-6-14(18)20/h3-4,7-9H,1-2,5-6,16H2. The number of pyridine rings is 1. The zero-order valence-electron chi connectivity index (χ0n) is 11.0.